The van der Waals surface area contributed by atoms with Crippen LogP contribution in [-0.4, -0.2) is 53.7 Å². The van der Waals surface area contributed by atoms with Gasteiger partial charge in [0.2, 0.25) is 5.90 Å². The van der Waals surface area contributed by atoms with Gasteiger partial charge in [0, 0.05) is 59.2 Å². The summed E-state index contributed by atoms with van der Waals surface area (Å²) in [5.41, 5.74) is 20.0. The molecule has 0 unspecified atom stereocenters. The van der Waals surface area contributed by atoms with Gasteiger partial charge in [0.25, 0.3) is 5.91 Å². The Morgan fingerprint density at radius 3 is 2.47 bits per heavy atom. The Bertz CT molecular complexity index is 1570. The van der Waals surface area contributed by atoms with Gasteiger partial charge in [0.05, 0.1) is 13.2 Å². The van der Waals surface area contributed by atoms with Crippen LogP contribution in [0.2, 0.25) is 0 Å². The highest BCUT2D eigenvalue weighted by Gasteiger charge is 2.55. The van der Waals surface area contributed by atoms with Crippen LogP contribution in [0.1, 0.15) is 47.6 Å². The van der Waals surface area contributed by atoms with Crippen LogP contribution in [0.15, 0.2) is 88.0 Å². The number of rotatable bonds is 12. The summed E-state index contributed by atoms with van der Waals surface area (Å²) < 4.78 is 12.3. The van der Waals surface area contributed by atoms with Crippen LogP contribution in [0, 0.1) is 0 Å². The van der Waals surface area contributed by atoms with E-state index in [1.165, 1.54) is 0 Å². The highest BCUT2D eigenvalue weighted by Crippen LogP contribution is 2.46. The van der Waals surface area contributed by atoms with Crippen LogP contribution < -0.4 is 4.74 Å². The lowest BCUT2D eigenvalue weighted by Gasteiger charge is -2.35. The smallest absolute Gasteiger partial charge is 0.255 e. The number of hydrogen-bond acceptors (Lipinski definition) is 7. The van der Waals surface area contributed by atoms with Crippen molar-refractivity contribution in [3.8, 4) is 5.75 Å². The number of azide groups is 2. The second-order valence-electron chi connectivity index (χ2n) is 10.4. The van der Waals surface area contributed by atoms with Crippen LogP contribution in [0.25, 0.3) is 20.9 Å². The second-order valence-corrected chi connectivity index (χ2v) is 10.4. The molecule has 3 aromatic carbocycles. The fraction of sp³-hybridized carbons (Fsp3) is 0.355. The Morgan fingerprint density at radius 2 is 1.74 bits per heavy atom. The van der Waals surface area contributed by atoms with E-state index in [4.69, 9.17) is 25.1 Å². The fourth-order valence-electron chi connectivity index (χ4n) is 5.57. The van der Waals surface area contributed by atoms with E-state index in [1.807, 2.05) is 47.4 Å². The molecule has 2 aliphatic rings. The zero-order valence-electron chi connectivity index (χ0n) is 23.6. The number of carbonyl (C=O) groups is 1. The minimum atomic E-state index is -1.44. The standard InChI is InChI=1S/C31H32N8O4/c32-37-34-21-24-9-2-1-8-23(24)20-31(30(41)39-16-5-6-17-39)28(26-10-3-4-11-27(26)36-38-33)43-29(35-31)22-12-14-25(15-13-22)42-19-7-18-40/h1-4,8-15,28,40H,5-7,16-21H2/t28-,31-/m1/s1. The van der Waals surface area contributed by atoms with Gasteiger partial charge in [-0.25, -0.2) is 4.99 Å². The van der Waals surface area contributed by atoms with Gasteiger partial charge in [-0.2, -0.15) is 0 Å². The predicted molar refractivity (Wildman–Crippen MR) is 161 cm³/mol. The Morgan fingerprint density at radius 1 is 1.02 bits per heavy atom. The van der Waals surface area contributed by atoms with Gasteiger partial charge in [-0.1, -0.05) is 58.8 Å². The molecule has 2 heterocycles. The van der Waals surface area contributed by atoms with E-state index >= 15 is 0 Å². The quantitative estimate of drug-likeness (QED) is 0.114. The van der Waals surface area contributed by atoms with Crippen molar-refractivity contribution in [3.05, 3.63) is 116 Å². The first-order valence-corrected chi connectivity index (χ1v) is 14.2. The number of nitrogens with zero attached hydrogens (tertiary/aromatic N) is 8. The minimum Gasteiger partial charge on any atom is -0.494 e. The number of likely N-dealkylation sites (tertiary alicyclic amines) is 1. The summed E-state index contributed by atoms with van der Waals surface area (Å²) in [5.74, 6) is 0.735. The Balaban J connectivity index is 1.66. The summed E-state index contributed by atoms with van der Waals surface area (Å²) in [6.45, 7) is 1.76. The lowest BCUT2D eigenvalue weighted by molar-refractivity contribution is -0.138. The molecule has 3 aromatic rings. The SMILES string of the molecule is [N-]=[N+]=NCc1ccccc1C[C@@]1(C(=O)N2CCCC2)N=C(c2ccc(OCCCO)cc2)O[C@@H]1c1ccccc1N=[N+]=[N-]. The molecule has 0 saturated carbocycles. The predicted octanol–water partition coefficient (Wildman–Crippen LogP) is 6.32. The first-order chi connectivity index (χ1) is 21.1. The summed E-state index contributed by atoms with van der Waals surface area (Å²) in [4.78, 5) is 27.5. The largest absolute Gasteiger partial charge is 0.494 e. The molecule has 2 atom stereocenters. The van der Waals surface area contributed by atoms with Gasteiger partial charge in [-0.05, 0) is 59.3 Å². The molecule has 220 valence electrons. The summed E-state index contributed by atoms with van der Waals surface area (Å²) in [5, 5.41) is 16.7. The third-order valence-electron chi connectivity index (χ3n) is 7.65. The molecule has 0 radical (unpaired) electrons. The molecule has 0 aromatic heterocycles. The van der Waals surface area contributed by atoms with Crippen molar-refractivity contribution in [2.45, 2.75) is 43.9 Å². The number of aliphatic imine (C=N–C) groups is 1. The number of ether oxygens (including phenoxy) is 2. The van der Waals surface area contributed by atoms with E-state index in [2.05, 4.69) is 20.1 Å². The monoisotopic (exact) mass is 580 g/mol. The molecular formula is C31H32N8O4. The molecule has 0 aliphatic carbocycles. The summed E-state index contributed by atoms with van der Waals surface area (Å²) in [6.07, 6.45) is 1.56. The molecule has 2 aliphatic heterocycles. The number of aliphatic hydroxyl groups excluding tert-OH is 1. The van der Waals surface area contributed by atoms with E-state index in [9.17, 15) is 10.3 Å². The van der Waals surface area contributed by atoms with E-state index in [-0.39, 0.29) is 31.4 Å². The number of amides is 1. The maximum absolute atomic E-state index is 14.6. The van der Waals surface area contributed by atoms with Crippen molar-refractivity contribution in [3.63, 3.8) is 0 Å². The summed E-state index contributed by atoms with van der Waals surface area (Å²) >= 11 is 0. The topological polar surface area (TPSA) is 169 Å². The van der Waals surface area contributed by atoms with Gasteiger partial charge in [-0.3, -0.25) is 4.79 Å². The minimum absolute atomic E-state index is 0.0422. The van der Waals surface area contributed by atoms with Crippen molar-refractivity contribution in [2.24, 2.45) is 15.2 Å². The van der Waals surface area contributed by atoms with Gasteiger partial charge in [0.15, 0.2) is 11.6 Å². The van der Waals surface area contributed by atoms with Crippen molar-refractivity contribution < 1.29 is 19.4 Å². The lowest BCUT2D eigenvalue weighted by Crippen LogP contribution is -2.51. The van der Waals surface area contributed by atoms with Crippen LogP contribution >= 0.6 is 0 Å². The Labute approximate surface area is 248 Å². The Kier molecular flexibility index (Phi) is 9.43. The Hall–Kier alpha value is -5.02. The first-order valence-electron chi connectivity index (χ1n) is 14.2. The molecule has 1 amide bonds. The zero-order valence-corrected chi connectivity index (χ0v) is 23.6. The molecule has 12 heteroatoms. The van der Waals surface area contributed by atoms with E-state index in [0.717, 1.165) is 24.0 Å². The van der Waals surface area contributed by atoms with Gasteiger partial charge in [0.1, 0.15) is 5.75 Å². The lowest BCUT2D eigenvalue weighted by atomic mass is 9.80. The molecular weight excluding hydrogens is 548 g/mol. The van der Waals surface area contributed by atoms with E-state index < -0.39 is 11.6 Å². The molecule has 1 N–H and O–H groups in total. The molecule has 1 fully saturated rings. The molecule has 5 rings (SSSR count). The summed E-state index contributed by atoms with van der Waals surface area (Å²) in [6, 6.07) is 21.8. The van der Waals surface area contributed by atoms with E-state index in [1.54, 1.807) is 30.3 Å². The van der Waals surface area contributed by atoms with Crippen LogP contribution in [0.3, 0.4) is 0 Å². The van der Waals surface area contributed by atoms with Crippen LogP contribution in [0.4, 0.5) is 5.69 Å². The molecule has 0 spiro atoms. The number of aliphatic hydroxyl groups is 1. The third kappa shape index (κ3) is 6.42. The molecule has 43 heavy (non-hydrogen) atoms. The number of carbonyl (C=O) groups excluding carboxylic acids is 1. The maximum Gasteiger partial charge on any atom is 0.255 e. The van der Waals surface area contributed by atoms with Crippen LogP contribution in [0.5, 0.6) is 5.75 Å². The van der Waals surface area contributed by atoms with Crippen molar-refractivity contribution in [1.29, 1.82) is 0 Å². The van der Waals surface area contributed by atoms with Crippen molar-refractivity contribution in [1.82, 2.24) is 4.90 Å². The second kappa shape index (κ2) is 13.8. The highest BCUT2D eigenvalue weighted by atomic mass is 16.5. The number of benzene rings is 3. The van der Waals surface area contributed by atoms with Crippen molar-refractivity contribution >= 4 is 17.5 Å². The van der Waals surface area contributed by atoms with Gasteiger partial charge >= 0.3 is 0 Å². The van der Waals surface area contributed by atoms with Gasteiger partial charge in [-0.15, -0.1) is 0 Å². The van der Waals surface area contributed by atoms with Crippen LogP contribution in [-0.2, 0) is 22.5 Å². The first kappa shape index (κ1) is 29.5. The zero-order chi connectivity index (χ0) is 30.1. The van der Waals surface area contributed by atoms with Gasteiger partial charge < -0.3 is 19.5 Å². The van der Waals surface area contributed by atoms with Crippen molar-refractivity contribution in [2.75, 3.05) is 26.3 Å². The molecule has 1 saturated heterocycles. The normalized spacial score (nSPS) is 19.1. The molecule has 0 bridgehead atoms. The third-order valence-corrected chi connectivity index (χ3v) is 7.65. The van der Waals surface area contributed by atoms with E-state index in [0.29, 0.717) is 48.7 Å². The number of hydrogen-bond donors (Lipinski definition) is 1. The maximum atomic E-state index is 14.6. The average molecular weight is 581 g/mol. The molecule has 12 nitrogen and oxygen atoms in total. The average Bonchev–Trinajstić information content (AvgIpc) is 3.71. The fourth-order valence-corrected chi connectivity index (χ4v) is 5.57. The highest BCUT2D eigenvalue weighted by molar-refractivity contribution is 6.01. The summed E-state index contributed by atoms with van der Waals surface area (Å²) in [7, 11) is 0.